The summed E-state index contributed by atoms with van der Waals surface area (Å²) in [5.41, 5.74) is 3.68. The van der Waals surface area contributed by atoms with Gasteiger partial charge in [0, 0.05) is 31.1 Å². The van der Waals surface area contributed by atoms with Crippen LogP contribution in [0.4, 0.5) is 11.8 Å². The van der Waals surface area contributed by atoms with Gasteiger partial charge in [-0.3, -0.25) is 0 Å². The van der Waals surface area contributed by atoms with Crippen LogP contribution in [0.15, 0.2) is 18.2 Å². The molecule has 1 atom stereocenters. The van der Waals surface area contributed by atoms with E-state index in [1.54, 1.807) is 7.11 Å². The quantitative estimate of drug-likeness (QED) is 0.872. The lowest BCUT2D eigenvalue weighted by atomic mass is 9.96. The van der Waals surface area contributed by atoms with Crippen LogP contribution in [-0.2, 0) is 19.3 Å². The lowest BCUT2D eigenvalue weighted by molar-refractivity contribution is 0.228. The van der Waals surface area contributed by atoms with Gasteiger partial charge in [0.05, 0.1) is 19.4 Å². The molecule has 2 aromatic rings. The summed E-state index contributed by atoms with van der Waals surface area (Å²) in [7, 11) is 3.60. The summed E-state index contributed by atoms with van der Waals surface area (Å²) in [4.78, 5) is 9.32. The Morgan fingerprint density at radius 3 is 3.04 bits per heavy atom. The van der Waals surface area contributed by atoms with Crippen molar-refractivity contribution in [3.05, 3.63) is 35.0 Å². The number of nitrogens with zero attached hydrogens (tertiary/aromatic N) is 2. The first-order valence-electron chi connectivity index (χ1n) is 8.88. The van der Waals surface area contributed by atoms with Crippen molar-refractivity contribution in [2.75, 3.05) is 37.9 Å². The molecule has 4 rings (SSSR count). The highest BCUT2D eigenvalue weighted by atomic mass is 16.5. The van der Waals surface area contributed by atoms with Crippen molar-refractivity contribution in [1.29, 1.82) is 0 Å². The number of methoxy groups -OCH3 is 1. The Balaban J connectivity index is 1.42. The first-order valence-corrected chi connectivity index (χ1v) is 8.88. The summed E-state index contributed by atoms with van der Waals surface area (Å²) < 4.78 is 11.2. The van der Waals surface area contributed by atoms with Crippen LogP contribution in [0.25, 0.3) is 0 Å². The van der Waals surface area contributed by atoms with Crippen LogP contribution in [0, 0.1) is 5.92 Å². The highest BCUT2D eigenvalue weighted by Crippen LogP contribution is 2.31. The fourth-order valence-electron chi connectivity index (χ4n) is 3.63. The maximum absolute atomic E-state index is 5.91. The number of nitrogens with one attached hydrogen (secondary N) is 2. The van der Waals surface area contributed by atoms with Crippen molar-refractivity contribution in [2.45, 2.75) is 25.7 Å². The van der Waals surface area contributed by atoms with Gasteiger partial charge >= 0.3 is 0 Å². The molecule has 6 nitrogen and oxygen atoms in total. The van der Waals surface area contributed by atoms with Crippen LogP contribution in [0.3, 0.4) is 0 Å². The third-order valence-electron chi connectivity index (χ3n) is 4.98. The molecular formula is C19H24N4O2. The number of rotatable bonds is 5. The van der Waals surface area contributed by atoms with E-state index in [2.05, 4.69) is 21.7 Å². The first-order chi connectivity index (χ1) is 12.3. The van der Waals surface area contributed by atoms with Crippen molar-refractivity contribution < 1.29 is 9.47 Å². The van der Waals surface area contributed by atoms with Gasteiger partial charge in [0.1, 0.15) is 17.3 Å². The monoisotopic (exact) mass is 340 g/mol. The average molecular weight is 340 g/mol. The van der Waals surface area contributed by atoms with Crippen LogP contribution in [0.1, 0.15) is 23.2 Å². The normalized spacial score (nSPS) is 18.1. The Morgan fingerprint density at radius 2 is 2.20 bits per heavy atom. The Labute approximate surface area is 148 Å². The highest BCUT2D eigenvalue weighted by Gasteiger charge is 2.22. The predicted molar refractivity (Wildman–Crippen MR) is 97.8 cm³/mol. The molecule has 1 aromatic carbocycles. The molecule has 25 heavy (non-hydrogen) atoms. The molecule has 2 N–H and O–H groups in total. The SMILES string of the molecule is CNc1nc(NC[C@@H]2COc3cc(OC)ccc3C2)nc2c1CCC2. The Kier molecular flexibility index (Phi) is 4.34. The summed E-state index contributed by atoms with van der Waals surface area (Å²) in [5, 5.41) is 6.61. The van der Waals surface area contributed by atoms with Gasteiger partial charge in [0.25, 0.3) is 0 Å². The van der Waals surface area contributed by atoms with E-state index in [1.807, 2.05) is 19.2 Å². The van der Waals surface area contributed by atoms with E-state index < -0.39 is 0 Å². The third-order valence-corrected chi connectivity index (χ3v) is 4.98. The zero-order valence-electron chi connectivity index (χ0n) is 14.8. The fourth-order valence-corrected chi connectivity index (χ4v) is 3.63. The van der Waals surface area contributed by atoms with E-state index in [0.717, 1.165) is 43.1 Å². The highest BCUT2D eigenvalue weighted by molar-refractivity contribution is 5.52. The van der Waals surface area contributed by atoms with Gasteiger partial charge in [-0.2, -0.15) is 4.98 Å². The van der Waals surface area contributed by atoms with Crippen LogP contribution in [0.5, 0.6) is 11.5 Å². The number of anilines is 2. The molecule has 2 aliphatic rings. The zero-order valence-corrected chi connectivity index (χ0v) is 14.8. The lowest BCUT2D eigenvalue weighted by Crippen LogP contribution is -2.28. The van der Waals surface area contributed by atoms with E-state index in [0.29, 0.717) is 18.5 Å². The lowest BCUT2D eigenvalue weighted by Gasteiger charge is -2.26. The second-order valence-electron chi connectivity index (χ2n) is 6.66. The Hall–Kier alpha value is -2.50. The van der Waals surface area contributed by atoms with Crippen molar-refractivity contribution >= 4 is 11.8 Å². The van der Waals surface area contributed by atoms with Crippen molar-refractivity contribution in [1.82, 2.24) is 9.97 Å². The van der Waals surface area contributed by atoms with E-state index in [1.165, 1.54) is 23.2 Å². The van der Waals surface area contributed by atoms with E-state index in [-0.39, 0.29) is 0 Å². The summed E-state index contributed by atoms with van der Waals surface area (Å²) in [6.07, 6.45) is 4.26. The third kappa shape index (κ3) is 3.21. The average Bonchev–Trinajstić information content (AvgIpc) is 3.13. The summed E-state index contributed by atoms with van der Waals surface area (Å²) in [6.45, 7) is 1.49. The molecule has 0 saturated heterocycles. The molecule has 0 spiro atoms. The number of hydrogen-bond acceptors (Lipinski definition) is 6. The minimum absolute atomic E-state index is 0.399. The molecule has 0 fully saturated rings. The van der Waals surface area contributed by atoms with Gasteiger partial charge in [-0.05, 0) is 37.3 Å². The number of fused-ring (bicyclic) bond motifs is 2. The van der Waals surface area contributed by atoms with Gasteiger partial charge in [-0.15, -0.1) is 0 Å². The second-order valence-corrected chi connectivity index (χ2v) is 6.66. The van der Waals surface area contributed by atoms with E-state index >= 15 is 0 Å². The van der Waals surface area contributed by atoms with Gasteiger partial charge in [-0.25, -0.2) is 4.98 Å². The van der Waals surface area contributed by atoms with Crippen molar-refractivity contribution in [3.8, 4) is 11.5 Å². The van der Waals surface area contributed by atoms with Gasteiger partial charge in [0.2, 0.25) is 5.95 Å². The molecular weight excluding hydrogens is 316 g/mol. The summed E-state index contributed by atoms with van der Waals surface area (Å²) in [6, 6.07) is 6.04. The molecule has 1 aromatic heterocycles. The van der Waals surface area contributed by atoms with Crippen LogP contribution >= 0.6 is 0 Å². The van der Waals surface area contributed by atoms with Crippen LogP contribution < -0.4 is 20.1 Å². The van der Waals surface area contributed by atoms with Crippen LogP contribution in [-0.4, -0.2) is 37.3 Å². The molecule has 0 saturated carbocycles. The zero-order chi connectivity index (χ0) is 17.2. The number of benzene rings is 1. The van der Waals surface area contributed by atoms with Crippen molar-refractivity contribution in [3.63, 3.8) is 0 Å². The number of hydrogen-bond donors (Lipinski definition) is 2. The first kappa shape index (κ1) is 16.0. The molecule has 1 aliphatic heterocycles. The molecule has 132 valence electrons. The molecule has 0 unspecified atom stereocenters. The maximum Gasteiger partial charge on any atom is 0.224 e. The van der Waals surface area contributed by atoms with Crippen LogP contribution in [0.2, 0.25) is 0 Å². The molecule has 0 amide bonds. The minimum atomic E-state index is 0.399. The topological polar surface area (TPSA) is 68.3 Å². The summed E-state index contributed by atoms with van der Waals surface area (Å²) >= 11 is 0. The second kappa shape index (κ2) is 6.78. The molecule has 0 radical (unpaired) electrons. The van der Waals surface area contributed by atoms with E-state index in [4.69, 9.17) is 14.5 Å². The fraction of sp³-hybridized carbons (Fsp3) is 0.474. The molecule has 6 heteroatoms. The van der Waals surface area contributed by atoms with Gasteiger partial charge < -0.3 is 20.1 Å². The number of ether oxygens (including phenoxy) is 2. The van der Waals surface area contributed by atoms with E-state index in [9.17, 15) is 0 Å². The van der Waals surface area contributed by atoms with Crippen molar-refractivity contribution in [2.24, 2.45) is 5.92 Å². The smallest absolute Gasteiger partial charge is 0.224 e. The minimum Gasteiger partial charge on any atom is -0.497 e. The number of aryl methyl sites for hydroxylation is 1. The predicted octanol–water partition coefficient (Wildman–Crippen LogP) is 2.68. The largest absolute Gasteiger partial charge is 0.497 e. The van der Waals surface area contributed by atoms with Gasteiger partial charge in [0.15, 0.2) is 0 Å². The molecule has 1 aliphatic carbocycles. The van der Waals surface area contributed by atoms with Gasteiger partial charge in [-0.1, -0.05) is 6.07 Å². The maximum atomic E-state index is 5.91. The number of aromatic nitrogens is 2. The standard InChI is InChI=1S/C19H24N4O2/c1-20-18-15-4-3-5-16(15)22-19(23-18)21-10-12-8-13-6-7-14(24-2)9-17(13)25-11-12/h6-7,9,12H,3-5,8,10-11H2,1-2H3,(H2,20,21,22,23)/t12-/m1/s1. The molecule has 0 bridgehead atoms. The summed E-state index contributed by atoms with van der Waals surface area (Å²) in [5.74, 6) is 3.84. The Bertz CT molecular complexity index is 778. The Morgan fingerprint density at radius 1 is 1.28 bits per heavy atom. The molecule has 2 heterocycles.